The third-order valence-corrected chi connectivity index (χ3v) is 6.37. The maximum absolute atomic E-state index is 11.4. The van der Waals surface area contributed by atoms with Crippen LogP contribution in [0.15, 0.2) is 72.1 Å². The highest BCUT2D eigenvalue weighted by Crippen LogP contribution is 2.46. The number of ether oxygens (including phenoxy) is 1. The lowest BCUT2D eigenvalue weighted by molar-refractivity contribution is 0.0499. The van der Waals surface area contributed by atoms with E-state index >= 15 is 0 Å². The highest BCUT2D eigenvalue weighted by atomic mass is 32.1. The molecule has 1 aromatic heterocycles. The molecule has 3 aromatic rings. The standard InChI is InChI=1S/C12H16O2.C10H12.C7H10S/c1-3-4-9-14-12(13)11-7-5-10(2)6-8-11;1-8-7-10(8)9-5-3-2-4-6-9;1-2-4-7-5-3-6-8-7/h5-8H,3-4,9H2,1-2H3;2-6,8,10H,7H2,1H3;3,5-6H,2,4H2,1H3/t;8-,10-;/m.1./s1. The molecule has 3 heteroatoms. The number of carbonyl (C=O) groups is 1. The predicted octanol–water partition coefficient (Wildman–Crippen LogP) is 8.46. The zero-order valence-electron chi connectivity index (χ0n) is 20.1. The zero-order valence-corrected chi connectivity index (χ0v) is 20.9. The van der Waals surface area contributed by atoms with Crippen molar-refractivity contribution in [2.75, 3.05) is 6.61 Å². The minimum atomic E-state index is -0.224. The summed E-state index contributed by atoms with van der Waals surface area (Å²) >= 11 is 1.85. The lowest BCUT2D eigenvalue weighted by atomic mass is 10.1. The van der Waals surface area contributed by atoms with Crippen LogP contribution in [-0.4, -0.2) is 12.6 Å². The van der Waals surface area contributed by atoms with Gasteiger partial charge in [0.2, 0.25) is 0 Å². The molecule has 1 fully saturated rings. The molecule has 1 aliphatic carbocycles. The van der Waals surface area contributed by atoms with E-state index in [2.05, 4.69) is 68.6 Å². The van der Waals surface area contributed by atoms with Crippen molar-refractivity contribution in [3.63, 3.8) is 0 Å². The number of rotatable bonds is 7. The van der Waals surface area contributed by atoms with Gasteiger partial charge in [0.25, 0.3) is 0 Å². The molecule has 1 heterocycles. The fraction of sp³-hybridized carbons (Fsp3) is 0.414. The molecular formula is C29H38O2S. The Hall–Kier alpha value is -2.39. The number of esters is 1. The van der Waals surface area contributed by atoms with E-state index in [0.29, 0.717) is 12.2 Å². The van der Waals surface area contributed by atoms with Gasteiger partial charge in [0.1, 0.15) is 0 Å². The van der Waals surface area contributed by atoms with Crippen LogP contribution in [0.3, 0.4) is 0 Å². The number of hydrogen-bond acceptors (Lipinski definition) is 3. The Kier molecular flexibility index (Phi) is 11.8. The van der Waals surface area contributed by atoms with E-state index in [0.717, 1.165) is 30.2 Å². The molecule has 0 saturated heterocycles. The summed E-state index contributed by atoms with van der Waals surface area (Å²) in [6.45, 7) is 9.10. The molecule has 172 valence electrons. The summed E-state index contributed by atoms with van der Waals surface area (Å²) in [5, 5.41) is 2.13. The summed E-state index contributed by atoms with van der Waals surface area (Å²) < 4.78 is 5.07. The minimum absolute atomic E-state index is 0.224. The van der Waals surface area contributed by atoms with Crippen LogP contribution in [-0.2, 0) is 11.2 Å². The second-order valence-electron chi connectivity index (χ2n) is 8.42. The predicted molar refractivity (Wildman–Crippen MR) is 138 cm³/mol. The first-order valence-electron chi connectivity index (χ1n) is 11.9. The molecule has 0 N–H and O–H groups in total. The first-order chi connectivity index (χ1) is 15.5. The minimum Gasteiger partial charge on any atom is -0.462 e. The van der Waals surface area contributed by atoms with Crippen molar-refractivity contribution in [1.82, 2.24) is 0 Å². The molecular weight excluding hydrogens is 412 g/mol. The van der Waals surface area contributed by atoms with E-state index in [-0.39, 0.29) is 5.97 Å². The van der Waals surface area contributed by atoms with Gasteiger partial charge < -0.3 is 4.74 Å². The topological polar surface area (TPSA) is 26.3 Å². The van der Waals surface area contributed by atoms with Crippen LogP contribution in [0.1, 0.15) is 78.7 Å². The molecule has 2 aromatic carbocycles. The van der Waals surface area contributed by atoms with Crippen molar-refractivity contribution in [1.29, 1.82) is 0 Å². The van der Waals surface area contributed by atoms with Gasteiger partial charge in [0, 0.05) is 4.88 Å². The normalized spacial score (nSPS) is 16.1. The van der Waals surface area contributed by atoms with Gasteiger partial charge in [-0.2, -0.15) is 0 Å². The molecule has 0 unspecified atom stereocenters. The fourth-order valence-corrected chi connectivity index (χ4v) is 4.08. The summed E-state index contributed by atoms with van der Waals surface area (Å²) in [7, 11) is 0. The Morgan fingerprint density at radius 2 is 1.66 bits per heavy atom. The summed E-state index contributed by atoms with van der Waals surface area (Å²) in [6.07, 6.45) is 5.88. The second kappa shape index (κ2) is 14.6. The fourth-order valence-electron chi connectivity index (χ4n) is 3.27. The van der Waals surface area contributed by atoms with E-state index in [1.165, 1.54) is 29.7 Å². The van der Waals surface area contributed by atoms with Gasteiger partial charge in [-0.05, 0) is 67.2 Å². The van der Waals surface area contributed by atoms with Crippen LogP contribution in [0.5, 0.6) is 0 Å². The first kappa shape index (κ1) is 25.9. The molecule has 0 aliphatic heterocycles. The molecule has 4 rings (SSSR count). The monoisotopic (exact) mass is 450 g/mol. The zero-order chi connectivity index (χ0) is 23.2. The van der Waals surface area contributed by atoms with Gasteiger partial charge in [-0.1, -0.05) is 87.7 Å². The lowest BCUT2D eigenvalue weighted by Gasteiger charge is -2.03. The van der Waals surface area contributed by atoms with Crippen molar-refractivity contribution in [3.05, 3.63) is 93.7 Å². The summed E-state index contributed by atoms with van der Waals surface area (Å²) in [4.78, 5) is 12.9. The molecule has 0 amide bonds. The molecule has 1 saturated carbocycles. The van der Waals surface area contributed by atoms with Crippen molar-refractivity contribution in [2.45, 2.75) is 65.7 Å². The summed E-state index contributed by atoms with van der Waals surface area (Å²) in [6, 6.07) is 22.5. The van der Waals surface area contributed by atoms with E-state index < -0.39 is 0 Å². The molecule has 0 radical (unpaired) electrons. The maximum Gasteiger partial charge on any atom is 0.338 e. The Morgan fingerprint density at radius 1 is 0.969 bits per heavy atom. The largest absolute Gasteiger partial charge is 0.462 e. The van der Waals surface area contributed by atoms with E-state index in [1.54, 1.807) is 12.1 Å². The quantitative estimate of drug-likeness (QED) is 0.266. The van der Waals surface area contributed by atoms with Crippen molar-refractivity contribution in [3.8, 4) is 0 Å². The van der Waals surface area contributed by atoms with Crippen LogP contribution < -0.4 is 0 Å². The third-order valence-electron chi connectivity index (χ3n) is 5.43. The number of hydrogen-bond donors (Lipinski definition) is 0. The highest BCUT2D eigenvalue weighted by molar-refractivity contribution is 7.09. The average molecular weight is 451 g/mol. The van der Waals surface area contributed by atoms with Crippen molar-refractivity contribution < 1.29 is 9.53 Å². The Morgan fingerprint density at radius 3 is 2.19 bits per heavy atom. The Bertz CT molecular complexity index is 869. The van der Waals surface area contributed by atoms with Gasteiger partial charge in [-0.15, -0.1) is 11.3 Å². The SMILES string of the molecule is CCCCOC(=O)c1ccc(C)cc1.CCCc1cccs1.C[C@@H]1C[C@H]1c1ccccc1. The van der Waals surface area contributed by atoms with E-state index in [4.69, 9.17) is 4.74 Å². The molecule has 0 spiro atoms. The van der Waals surface area contributed by atoms with Crippen LogP contribution in [0.2, 0.25) is 0 Å². The van der Waals surface area contributed by atoms with Crippen LogP contribution in [0, 0.1) is 12.8 Å². The number of benzene rings is 2. The van der Waals surface area contributed by atoms with Gasteiger partial charge in [0.05, 0.1) is 12.2 Å². The van der Waals surface area contributed by atoms with Crippen LogP contribution in [0.25, 0.3) is 0 Å². The van der Waals surface area contributed by atoms with Crippen LogP contribution >= 0.6 is 11.3 Å². The molecule has 2 nitrogen and oxygen atoms in total. The molecule has 32 heavy (non-hydrogen) atoms. The third kappa shape index (κ3) is 9.82. The number of unbranched alkanes of at least 4 members (excludes halogenated alkanes) is 1. The lowest BCUT2D eigenvalue weighted by Crippen LogP contribution is -2.05. The van der Waals surface area contributed by atoms with Gasteiger partial charge in [-0.3, -0.25) is 0 Å². The van der Waals surface area contributed by atoms with Crippen molar-refractivity contribution >= 4 is 17.3 Å². The number of carbonyl (C=O) groups excluding carboxylic acids is 1. The number of aryl methyl sites for hydroxylation is 2. The Balaban J connectivity index is 0.000000177. The highest BCUT2D eigenvalue weighted by Gasteiger charge is 2.33. The molecule has 1 aliphatic rings. The smallest absolute Gasteiger partial charge is 0.338 e. The Labute approximate surface area is 198 Å². The van der Waals surface area contributed by atoms with Crippen molar-refractivity contribution in [2.24, 2.45) is 5.92 Å². The van der Waals surface area contributed by atoms with E-state index in [9.17, 15) is 4.79 Å². The summed E-state index contributed by atoms with van der Waals surface area (Å²) in [5.41, 5.74) is 3.30. The van der Waals surface area contributed by atoms with Gasteiger partial charge in [0.15, 0.2) is 0 Å². The average Bonchev–Trinajstić information content (AvgIpc) is 3.32. The van der Waals surface area contributed by atoms with Crippen LogP contribution in [0.4, 0.5) is 0 Å². The molecule has 2 atom stereocenters. The first-order valence-corrected chi connectivity index (χ1v) is 12.7. The molecule has 0 bridgehead atoms. The maximum atomic E-state index is 11.4. The second-order valence-corrected chi connectivity index (χ2v) is 9.45. The van der Waals surface area contributed by atoms with E-state index in [1.807, 2.05) is 30.4 Å². The number of thiophene rings is 1. The van der Waals surface area contributed by atoms with Gasteiger partial charge in [-0.25, -0.2) is 4.79 Å². The summed E-state index contributed by atoms with van der Waals surface area (Å²) in [5.74, 6) is 1.59. The van der Waals surface area contributed by atoms with Gasteiger partial charge >= 0.3 is 5.97 Å².